The summed E-state index contributed by atoms with van der Waals surface area (Å²) in [6, 6.07) is 10.1. The Balaban J connectivity index is 2.19. The number of rotatable bonds is 5. The Morgan fingerprint density at radius 2 is 2.16 bits per heavy atom. The first-order valence-corrected chi connectivity index (χ1v) is 6.10. The summed E-state index contributed by atoms with van der Waals surface area (Å²) in [6.07, 6.45) is 2.24. The SMILES string of the molecule is COc1cc(C(Cc2cccc(C)c2)NN)ncn1. The van der Waals surface area contributed by atoms with E-state index in [4.69, 9.17) is 10.6 Å². The number of hydrogen-bond acceptors (Lipinski definition) is 5. The summed E-state index contributed by atoms with van der Waals surface area (Å²) in [5.41, 5.74) is 6.05. The van der Waals surface area contributed by atoms with Gasteiger partial charge in [-0.3, -0.25) is 11.3 Å². The predicted molar refractivity (Wildman–Crippen MR) is 73.5 cm³/mol. The lowest BCUT2D eigenvalue weighted by atomic mass is 10.0. The number of aromatic nitrogens is 2. The van der Waals surface area contributed by atoms with Gasteiger partial charge < -0.3 is 4.74 Å². The molecule has 0 saturated carbocycles. The van der Waals surface area contributed by atoms with E-state index in [1.165, 1.54) is 17.5 Å². The van der Waals surface area contributed by atoms with Crippen LogP contribution in [0.3, 0.4) is 0 Å². The smallest absolute Gasteiger partial charge is 0.216 e. The van der Waals surface area contributed by atoms with E-state index >= 15 is 0 Å². The first-order valence-electron chi connectivity index (χ1n) is 6.10. The van der Waals surface area contributed by atoms with Gasteiger partial charge in [-0.05, 0) is 18.9 Å². The minimum atomic E-state index is -0.0706. The Morgan fingerprint density at radius 3 is 2.84 bits per heavy atom. The molecule has 5 heteroatoms. The summed E-state index contributed by atoms with van der Waals surface area (Å²) in [5, 5.41) is 0. The van der Waals surface area contributed by atoms with Crippen molar-refractivity contribution in [3.63, 3.8) is 0 Å². The molecule has 0 spiro atoms. The Kier molecular flexibility index (Phi) is 4.43. The number of nitrogens with two attached hydrogens (primary N) is 1. The molecular formula is C14H18N4O. The van der Waals surface area contributed by atoms with Crippen LogP contribution in [0.25, 0.3) is 0 Å². The molecule has 2 aromatic rings. The highest BCUT2D eigenvalue weighted by Crippen LogP contribution is 2.18. The van der Waals surface area contributed by atoms with Gasteiger partial charge in [-0.25, -0.2) is 9.97 Å². The molecule has 1 atom stereocenters. The van der Waals surface area contributed by atoms with Gasteiger partial charge in [0.1, 0.15) is 6.33 Å². The average molecular weight is 258 g/mol. The summed E-state index contributed by atoms with van der Waals surface area (Å²) < 4.78 is 5.10. The molecule has 1 heterocycles. The summed E-state index contributed by atoms with van der Waals surface area (Å²) in [6.45, 7) is 2.07. The van der Waals surface area contributed by atoms with E-state index in [0.717, 1.165) is 12.1 Å². The van der Waals surface area contributed by atoms with Crippen LogP contribution in [0.1, 0.15) is 22.9 Å². The molecule has 1 aromatic carbocycles. The zero-order valence-corrected chi connectivity index (χ0v) is 11.1. The van der Waals surface area contributed by atoms with Crippen LogP contribution in [0.2, 0.25) is 0 Å². The molecule has 0 radical (unpaired) electrons. The van der Waals surface area contributed by atoms with Crippen molar-refractivity contribution in [1.29, 1.82) is 0 Å². The molecule has 3 N–H and O–H groups in total. The zero-order valence-electron chi connectivity index (χ0n) is 11.1. The van der Waals surface area contributed by atoms with E-state index in [1.54, 1.807) is 13.2 Å². The summed E-state index contributed by atoms with van der Waals surface area (Å²) in [5.74, 6) is 6.17. The third-order valence-corrected chi connectivity index (χ3v) is 2.95. The van der Waals surface area contributed by atoms with Crippen LogP contribution in [0.5, 0.6) is 5.88 Å². The van der Waals surface area contributed by atoms with E-state index in [0.29, 0.717) is 5.88 Å². The van der Waals surface area contributed by atoms with Gasteiger partial charge in [-0.2, -0.15) is 0 Å². The number of hydrazine groups is 1. The third-order valence-electron chi connectivity index (χ3n) is 2.95. The van der Waals surface area contributed by atoms with Gasteiger partial charge in [0.15, 0.2) is 0 Å². The van der Waals surface area contributed by atoms with E-state index < -0.39 is 0 Å². The van der Waals surface area contributed by atoms with Gasteiger partial charge in [0.05, 0.1) is 18.8 Å². The summed E-state index contributed by atoms with van der Waals surface area (Å²) in [4.78, 5) is 8.24. The van der Waals surface area contributed by atoms with Gasteiger partial charge in [-0.15, -0.1) is 0 Å². The van der Waals surface area contributed by atoms with Crippen molar-refractivity contribution in [3.8, 4) is 5.88 Å². The lowest BCUT2D eigenvalue weighted by Crippen LogP contribution is -2.30. The van der Waals surface area contributed by atoms with Crippen molar-refractivity contribution in [1.82, 2.24) is 15.4 Å². The number of hydrogen-bond donors (Lipinski definition) is 2. The normalized spacial score (nSPS) is 12.2. The fourth-order valence-electron chi connectivity index (χ4n) is 1.98. The van der Waals surface area contributed by atoms with E-state index in [9.17, 15) is 0 Å². The fourth-order valence-corrected chi connectivity index (χ4v) is 1.98. The first-order chi connectivity index (χ1) is 9.22. The first kappa shape index (κ1) is 13.5. The zero-order chi connectivity index (χ0) is 13.7. The Labute approximate surface area is 112 Å². The highest BCUT2D eigenvalue weighted by atomic mass is 16.5. The maximum absolute atomic E-state index is 5.63. The number of benzene rings is 1. The number of nitrogens with one attached hydrogen (secondary N) is 1. The molecule has 0 saturated heterocycles. The molecule has 0 amide bonds. The fraction of sp³-hybridized carbons (Fsp3) is 0.286. The van der Waals surface area contributed by atoms with Gasteiger partial charge in [-0.1, -0.05) is 29.8 Å². The second kappa shape index (κ2) is 6.26. The van der Waals surface area contributed by atoms with Crippen LogP contribution in [-0.4, -0.2) is 17.1 Å². The number of aryl methyl sites for hydroxylation is 1. The minimum Gasteiger partial charge on any atom is -0.481 e. The monoisotopic (exact) mass is 258 g/mol. The molecule has 0 bridgehead atoms. The summed E-state index contributed by atoms with van der Waals surface area (Å²) in [7, 11) is 1.58. The van der Waals surface area contributed by atoms with Crippen molar-refractivity contribution in [2.45, 2.75) is 19.4 Å². The van der Waals surface area contributed by atoms with Gasteiger partial charge in [0, 0.05) is 6.07 Å². The van der Waals surface area contributed by atoms with Crippen LogP contribution < -0.4 is 16.0 Å². The number of ether oxygens (including phenoxy) is 1. The molecule has 19 heavy (non-hydrogen) atoms. The lowest BCUT2D eigenvalue weighted by Gasteiger charge is -2.16. The van der Waals surface area contributed by atoms with Crippen molar-refractivity contribution < 1.29 is 4.74 Å². The van der Waals surface area contributed by atoms with Gasteiger partial charge in [0.25, 0.3) is 0 Å². The average Bonchev–Trinajstić information content (AvgIpc) is 2.45. The predicted octanol–water partition coefficient (Wildman–Crippen LogP) is 1.54. The Hall–Kier alpha value is -1.98. The van der Waals surface area contributed by atoms with Crippen molar-refractivity contribution in [2.24, 2.45) is 5.84 Å². The van der Waals surface area contributed by atoms with E-state index in [2.05, 4.69) is 40.5 Å². The van der Waals surface area contributed by atoms with Crippen LogP contribution in [0, 0.1) is 6.92 Å². The van der Waals surface area contributed by atoms with Gasteiger partial charge in [0.2, 0.25) is 5.88 Å². The maximum Gasteiger partial charge on any atom is 0.216 e. The summed E-state index contributed by atoms with van der Waals surface area (Å²) >= 11 is 0. The molecule has 0 aliphatic carbocycles. The van der Waals surface area contributed by atoms with Crippen LogP contribution in [0.4, 0.5) is 0 Å². The standard InChI is InChI=1S/C14H18N4O/c1-10-4-3-5-11(6-10)7-13(18-15)12-8-14(19-2)17-9-16-12/h3-6,8-9,13,18H,7,15H2,1-2H3. The second-order valence-electron chi connectivity index (χ2n) is 4.40. The van der Waals surface area contributed by atoms with Crippen LogP contribution >= 0.6 is 0 Å². The second-order valence-corrected chi connectivity index (χ2v) is 4.40. The minimum absolute atomic E-state index is 0.0706. The largest absolute Gasteiger partial charge is 0.481 e. The molecule has 0 fully saturated rings. The molecular weight excluding hydrogens is 240 g/mol. The Morgan fingerprint density at radius 1 is 1.32 bits per heavy atom. The lowest BCUT2D eigenvalue weighted by molar-refractivity contribution is 0.393. The molecule has 0 aliphatic heterocycles. The third kappa shape index (κ3) is 3.49. The van der Waals surface area contributed by atoms with Crippen LogP contribution in [-0.2, 0) is 6.42 Å². The Bertz CT molecular complexity index is 544. The molecule has 100 valence electrons. The molecule has 5 nitrogen and oxygen atoms in total. The van der Waals surface area contributed by atoms with Crippen LogP contribution in [0.15, 0.2) is 36.7 Å². The topological polar surface area (TPSA) is 73.1 Å². The molecule has 0 aliphatic rings. The van der Waals surface area contributed by atoms with E-state index in [1.807, 2.05) is 6.07 Å². The number of nitrogens with zero attached hydrogens (tertiary/aromatic N) is 2. The quantitative estimate of drug-likeness (QED) is 0.628. The van der Waals surface area contributed by atoms with Crippen molar-refractivity contribution >= 4 is 0 Å². The van der Waals surface area contributed by atoms with Crippen molar-refractivity contribution in [2.75, 3.05) is 7.11 Å². The molecule has 2 rings (SSSR count). The van der Waals surface area contributed by atoms with Crippen molar-refractivity contribution in [3.05, 3.63) is 53.5 Å². The van der Waals surface area contributed by atoms with Gasteiger partial charge >= 0.3 is 0 Å². The molecule has 1 unspecified atom stereocenters. The molecule has 1 aromatic heterocycles. The van der Waals surface area contributed by atoms with E-state index in [-0.39, 0.29) is 6.04 Å². The number of methoxy groups -OCH3 is 1. The highest BCUT2D eigenvalue weighted by Gasteiger charge is 2.13. The highest BCUT2D eigenvalue weighted by molar-refractivity contribution is 5.25. The maximum atomic E-state index is 5.63.